The smallest absolute Gasteiger partial charge is 0.244 e. The van der Waals surface area contributed by atoms with Crippen LogP contribution in [0.15, 0.2) is 11.1 Å². The maximum atomic E-state index is 12.3. The molecule has 1 aliphatic rings. The summed E-state index contributed by atoms with van der Waals surface area (Å²) in [6, 6.07) is 0. The number of rotatable bonds is 4. The van der Waals surface area contributed by atoms with Gasteiger partial charge in [-0.15, -0.1) is 0 Å². The number of nitrogens with one attached hydrogen (secondary N) is 2. The van der Waals surface area contributed by atoms with Gasteiger partial charge in [-0.3, -0.25) is 5.10 Å². The molecule has 4 N–H and O–H groups in total. The van der Waals surface area contributed by atoms with Gasteiger partial charge in [-0.2, -0.15) is 5.10 Å². The molecule has 0 radical (unpaired) electrons. The van der Waals surface area contributed by atoms with E-state index in [1.165, 1.54) is 6.20 Å². The summed E-state index contributed by atoms with van der Waals surface area (Å²) < 4.78 is 27.4. The fourth-order valence-corrected chi connectivity index (χ4v) is 4.13. The fourth-order valence-electron chi connectivity index (χ4n) is 2.53. The number of nitrogens with zero attached hydrogens (tertiary/aromatic N) is 1. The molecular weight excluding hydrogens is 252 g/mol. The molecular formula is C11H20N4O2S. The van der Waals surface area contributed by atoms with Crippen LogP contribution in [0.3, 0.4) is 0 Å². The summed E-state index contributed by atoms with van der Waals surface area (Å²) in [6.07, 6.45) is 6.13. The maximum absolute atomic E-state index is 12.3. The van der Waals surface area contributed by atoms with Gasteiger partial charge in [0.2, 0.25) is 10.0 Å². The van der Waals surface area contributed by atoms with Gasteiger partial charge in [-0.1, -0.05) is 19.3 Å². The SMILES string of the molecule is Cc1[nH]ncc1S(=O)(=O)NC1(CN)CCCCC1. The first-order valence-corrected chi connectivity index (χ1v) is 7.71. The minimum absolute atomic E-state index is 0.209. The summed E-state index contributed by atoms with van der Waals surface area (Å²) >= 11 is 0. The van der Waals surface area contributed by atoms with E-state index in [0.717, 1.165) is 32.1 Å². The van der Waals surface area contributed by atoms with Gasteiger partial charge in [0.25, 0.3) is 0 Å². The molecule has 1 saturated carbocycles. The highest BCUT2D eigenvalue weighted by molar-refractivity contribution is 7.89. The standard InChI is InChI=1S/C11H20N4O2S/c1-9-10(7-13-14-9)18(16,17)15-11(8-12)5-3-2-4-6-11/h7,15H,2-6,8,12H2,1H3,(H,13,14). The van der Waals surface area contributed by atoms with E-state index in [4.69, 9.17) is 5.73 Å². The number of nitrogens with two attached hydrogens (primary N) is 1. The summed E-state index contributed by atoms with van der Waals surface area (Å²) in [5.41, 5.74) is 5.85. The Morgan fingerprint density at radius 3 is 2.61 bits per heavy atom. The van der Waals surface area contributed by atoms with Gasteiger partial charge >= 0.3 is 0 Å². The molecule has 1 aromatic rings. The van der Waals surface area contributed by atoms with E-state index >= 15 is 0 Å². The van der Waals surface area contributed by atoms with Gasteiger partial charge in [0, 0.05) is 12.1 Å². The summed E-state index contributed by atoms with van der Waals surface area (Å²) in [6.45, 7) is 2.03. The van der Waals surface area contributed by atoms with Crippen molar-refractivity contribution >= 4 is 10.0 Å². The lowest BCUT2D eigenvalue weighted by molar-refractivity contribution is 0.276. The molecule has 6 nitrogen and oxygen atoms in total. The molecule has 0 bridgehead atoms. The average molecular weight is 272 g/mol. The van der Waals surface area contributed by atoms with E-state index in [-0.39, 0.29) is 4.90 Å². The number of sulfonamides is 1. The molecule has 2 rings (SSSR count). The van der Waals surface area contributed by atoms with Crippen molar-refractivity contribution in [3.05, 3.63) is 11.9 Å². The highest BCUT2D eigenvalue weighted by atomic mass is 32.2. The normalized spacial score (nSPS) is 19.9. The Bertz CT molecular complexity index is 503. The zero-order valence-corrected chi connectivity index (χ0v) is 11.4. The second-order valence-electron chi connectivity index (χ2n) is 5.01. The summed E-state index contributed by atoms with van der Waals surface area (Å²) in [5.74, 6) is 0. The zero-order chi connectivity index (χ0) is 13.2. The molecule has 1 aromatic heterocycles. The minimum atomic E-state index is -3.54. The van der Waals surface area contributed by atoms with E-state index < -0.39 is 15.6 Å². The molecule has 7 heteroatoms. The maximum Gasteiger partial charge on any atom is 0.244 e. The third-order valence-electron chi connectivity index (χ3n) is 3.63. The van der Waals surface area contributed by atoms with Gasteiger partial charge in [0.15, 0.2) is 0 Å². The molecule has 0 saturated heterocycles. The lowest BCUT2D eigenvalue weighted by Gasteiger charge is -2.36. The van der Waals surface area contributed by atoms with Crippen LogP contribution in [0.25, 0.3) is 0 Å². The number of hydrogen-bond donors (Lipinski definition) is 3. The molecule has 1 fully saturated rings. The molecule has 18 heavy (non-hydrogen) atoms. The Morgan fingerprint density at radius 2 is 2.11 bits per heavy atom. The van der Waals surface area contributed by atoms with Crippen LogP contribution in [-0.2, 0) is 10.0 Å². The largest absolute Gasteiger partial charge is 0.329 e. The highest BCUT2D eigenvalue weighted by Crippen LogP contribution is 2.29. The van der Waals surface area contributed by atoms with Crippen LogP contribution >= 0.6 is 0 Å². The van der Waals surface area contributed by atoms with Crippen molar-refractivity contribution in [1.82, 2.24) is 14.9 Å². The molecule has 1 heterocycles. The van der Waals surface area contributed by atoms with Gasteiger partial charge in [0.05, 0.1) is 11.9 Å². The quantitative estimate of drug-likeness (QED) is 0.749. The minimum Gasteiger partial charge on any atom is -0.329 e. The second kappa shape index (κ2) is 4.99. The topological polar surface area (TPSA) is 101 Å². The zero-order valence-electron chi connectivity index (χ0n) is 10.6. The van der Waals surface area contributed by atoms with E-state index in [1.807, 2.05) is 0 Å². The van der Waals surface area contributed by atoms with Crippen molar-refractivity contribution in [2.24, 2.45) is 5.73 Å². The van der Waals surface area contributed by atoms with Crippen LogP contribution in [0.1, 0.15) is 37.8 Å². The average Bonchev–Trinajstić information content (AvgIpc) is 2.77. The van der Waals surface area contributed by atoms with Gasteiger partial charge < -0.3 is 5.73 Å². The second-order valence-corrected chi connectivity index (χ2v) is 6.66. The fraction of sp³-hybridized carbons (Fsp3) is 0.727. The number of aryl methyl sites for hydroxylation is 1. The third-order valence-corrected chi connectivity index (χ3v) is 5.32. The highest BCUT2D eigenvalue weighted by Gasteiger charge is 2.36. The van der Waals surface area contributed by atoms with Gasteiger partial charge in [-0.25, -0.2) is 13.1 Å². The van der Waals surface area contributed by atoms with Crippen LogP contribution in [0.2, 0.25) is 0 Å². The Balaban J connectivity index is 2.24. The predicted molar refractivity (Wildman–Crippen MR) is 68.5 cm³/mol. The number of aromatic nitrogens is 2. The Labute approximate surface area is 107 Å². The summed E-state index contributed by atoms with van der Waals surface area (Å²) in [5, 5.41) is 6.40. The molecule has 0 amide bonds. The first-order valence-electron chi connectivity index (χ1n) is 6.23. The van der Waals surface area contributed by atoms with Crippen molar-refractivity contribution in [3.63, 3.8) is 0 Å². The van der Waals surface area contributed by atoms with E-state index in [9.17, 15) is 8.42 Å². The third kappa shape index (κ3) is 2.57. The number of hydrogen-bond acceptors (Lipinski definition) is 4. The monoisotopic (exact) mass is 272 g/mol. The first kappa shape index (κ1) is 13.5. The lowest BCUT2D eigenvalue weighted by atomic mass is 9.83. The molecule has 0 spiro atoms. The molecule has 0 aromatic carbocycles. The van der Waals surface area contributed by atoms with Crippen molar-refractivity contribution in [3.8, 4) is 0 Å². The molecule has 0 unspecified atom stereocenters. The van der Waals surface area contributed by atoms with Crippen molar-refractivity contribution in [2.75, 3.05) is 6.54 Å². The van der Waals surface area contributed by atoms with Crippen LogP contribution in [0.4, 0.5) is 0 Å². The van der Waals surface area contributed by atoms with E-state index in [2.05, 4.69) is 14.9 Å². The summed E-state index contributed by atoms with van der Waals surface area (Å²) in [4.78, 5) is 0.209. The summed E-state index contributed by atoms with van der Waals surface area (Å²) in [7, 11) is -3.54. The van der Waals surface area contributed by atoms with E-state index in [1.54, 1.807) is 6.92 Å². The molecule has 102 valence electrons. The Morgan fingerprint density at radius 1 is 1.44 bits per heavy atom. The molecule has 0 aliphatic heterocycles. The van der Waals surface area contributed by atoms with Gasteiger partial charge in [0.1, 0.15) is 4.90 Å². The molecule has 1 aliphatic carbocycles. The number of aromatic amines is 1. The Kier molecular flexibility index (Phi) is 3.74. The first-order chi connectivity index (χ1) is 8.49. The number of H-pyrrole nitrogens is 1. The van der Waals surface area contributed by atoms with Crippen LogP contribution in [0.5, 0.6) is 0 Å². The van der Waals surface area contributed by atoms with Crippen LogP contribution in [-0.4, -0.2) is 30.7 Å². The van der Waals surface area contributed by atoms with Crippen LogP contribution in [0, 0.1) is 6.92 Å². The van der Waals surface area contributed by atoms with Crippen LogP contribution < -0.4 is 10.5 Å². The van der Waals surface area contributed by atoms with Crippen molar-refractivity contribution < 1.29 is 8.42 Å². The predicted octanol–water partition coefficient (Wildman–Crippen LogP) is 0.658. The van der Waals surface area contributed by atoms with Crippen molar-refractivity contribution in [2.45, 2.75) is 49.5 Å². The van der Waals surface area contributed by atoms with E-state index in [0.29, 0.717) is 12.2 Å². The molecule has 0 atom stereocenters. The lowest BCUT2D eigenvalue weighted by Crippen LogP contribution is -2.54. The Hall–Kier alpha value is -0.920. The van der Waals surface area contributed by atoms with Crippen molar-refractivity contribution in [1.29, 1.82) is 0 Å². The van der Waals surface area contributed by atoms with Gasteiger partial charge in [-0.05, 0) is 19.8 Å².